The SMILES string of the molecule is NC1=N[C@@]2(c3ccc(F)cc3F)COC(c3cncc(F)c3)CC2CS1. The number of hydrogen-bond acceptors (Lipinski definition) is 5. The summed E-state index contributed by atoms with van der Waals surface area (Å²) >= 11 is 1.39. The number of hydrogen-bond donors (Lipinski definition) is 1. The van der Waals surface area contributed by atoms with Crippen molar-refractivity contribution in [2.75, 3.05) is 12.4 Å². The van der Waals surface area contributed by atoms with E-state index < -0.39 is 23.0 Å². The van der Waals surface area contributed by atoms with E-state index in [-0.39, 0.29) is 24.2 Å². The second-order valence-electron chi connectivity index (χ2n) is 6.48. The van der Waals surface area contributed by atoms with E-state index in [2.05, 4.69) is 9.98 Å². The lowest BCUT2D eigenvalue weighted by atomic mass is 9.74. The quantitative estimate of drug-likeness (QED) is 0.867. The minimum Gasteiger partial charge on any atom is -0.379 e. The number of halogens is 3. The van der Waals surface area contributed by atoms with Crippen LogP contribution in [0.15, 0.2) is 41.7 Å². The zero-order valence-corrected chi connectivity index (χ0v) is 14.5. The molecule has 1 aromatic carbocycles. The monoisotopic (exact) mass is 379 g/mol. The molecular formula is C18H16F3N3OS. The first-order chi connectivity index (χ1) is 12.5. The Balaban J connectivity index is 1.72. The molecule has 0 spiro atoms. The van der Waals surface area contributed by atoms with Gasteiger partial charge >= 0.3 is 0 Å². The highest BCUT2D eigenvalue weighted by Gasteiger charge is 2.49. The van der Waals surface area contributed by atoms with Crippen molar-refractivity contribution in [1.82, 2.24) is 4.98 Å². The molecule has 136 valence electrons. The van der Waals surface area contributed by atoms with Gasteiger partial charge in [0.25, 0.3) is 0 Å². The Morgan fingerprint density at radius 1 is 1.15 bits per heavy atom. The largest absolute Gasteiger partial charge is 0.379 e. The van der Waals surface area contributed by atoms with Crippen LogP contribution in [0.25, 0.3) is 0 Å². The van der Waals surface area contributed by atoms with E-state index >= 15 is 0 Å². The Hall–Kier alpha value is -2.06. The third kappa shape index (κ3) is 2.97. The lowest BCUT2D eigenvalue weighted by Crippen LogP contribution is -2.48. The summed E-state index contributed by atoms with van der Waals surface area (Å²) in [6, 6.07) is 4.84. The molecule has 0 radical (unpaired) electrons. The molecular weight excluding hydrogens is 363 g/mol. The molecule has 4 nitrogen and oxygen atoms in total. The number of amidine groups is 1. The Morgan fingerprint density at radius 3 is 2.77 bits per heavy atom. The number of nitrogens with zero attached hydrogens (tertiary/aromatic N) is 2. The normalized spacial score (nSPS) is 28.3. The minimum atomic E-state index is -1.01. The van der Waals surface area contributed by atoms with Crippen LogP contribution in [-0.2, 0) is 10.3 Å². The predicted octanol–water partition coefficient (Wildman–Crippen LogP) is 3.53. The number of aromatic nitrogens is 1. The first kappa shape index (κ1) is 17.4. The van der Waals surface area contributed by atoms with Crippen molar-refractivity contribution in [2.45, 2.75) is 18.1 Å². The second-order valence-corrected chi connectivity index (χ2v) is 7.52. The summed E-state index contributed by atoms with van der Waals surface area (Å²) in [6.07, 6.45) is 2.83. The van der Waals surface area contributed by atoms with Gasteiger partial charge in [-0.1, -0.05) is 17.8 Å². The smallest absolute Gasteiger partial charge is 0.154 e. The number of fused-ring (bicyclic) bond motifs is 1. The van der Waals surface area contributed by atoms with Crippen LogP contribution in [0, 0.1) is 23.4 Å². The Bertz CT molecular complexity index is 879. The van der Waals surface area contributed by atoms with Crippen LogP contribution < -0.4 is 5.73 Å². The van der Waals surface area contributed by atoms with Gasteiger partial charge in [-0.3, -0.25) is 4.98 Å². The zero-order chi connectivity index (χ0) is 18.3. The topological polar surface area (TPSA) is 60.5 Å². The van der Waals surface area contributed by atoms with Crippen molar-refractivity contribution in [1.29, 1.82) is 0 Å². The van der Waals surface area contributed by atoms with Gasteiger partial charge in [0, 0.05) is 35.1 Å². The first-order valence-electron chi connectivity index (χ1n) is 8.13. The van der Waals surface area contributed by atoms with Gasteiger partial charge in [-0.25, -0.2) is 18.2 Å². The number of rotatable bonds is 2. The summed E-state index contributed by atoms with van der Waals surface area (Å²) in [7, 11) is 0. The van der Waals surface area contributed by atoms with Crippen molar-refractivity contribution < 1.29 is 17.9 Å². The third-order valence-corrected chi connectivity index (χ3v) is 5.87. The standard InChI is InChI=1S/C18H16F3N3OS/c19-12-1-2-14(15(21)5-12)18-9-25-16(10-3-13(20)7-23-6-10)4-11(18)8-26-17(22)24-18/h1-3,5-7,11,16H,4,8-9H2,(H2,22,24)/t11?,16?,18-/m0/s1. The summed E-state index contributed by atoms with van der Waals surface area (Å²) in [6.45, 7) is 0.0721. The van der Waals surface area contributed by atoms with Crippen molar-refractivity contribution in [2.24, 2.45) is 16.6 Å². The maximum Gasteiger partial charge on any atom is 0.154 e. The van der Waals surface area contributed by atoms with Gasteiger partial charge in [-0.05, 0) is 18.6 Å². The third-order valence-electron chi connectivity index (χ3n) is 4.92. The lowest BCUT2D eigenvalue weighted by Gasteiger charge is -2.46. The summed E-state index contributed by atoms with van der Waals surface area (Å²) < 4.78 is 47.3. The van der Waals surface area contributed by atoms with Crippen LogP contribution in [0.4, 0.5) is 13.2 Å². The van der Waals surface area contributed by atoms with E-state index in [1.807, 2.05) is 0 Å². The maximum absolute atomic E-state index is 14.5. The molecule has 0 bridgehead atoms. The average molecular weight is 379 g/mol. The Morgan fingerprint density at radius 2 is 2.00 bits per heavy atom. The molecule has 1 aromatic heterocycles. The van der Waals surface area contributed by atoms with Crippen LogP contribution >= 0.6 is 11.8 Å². The van der Waals surface area contributed by atoms with Crippen molar-refractivity contribution in [3.63, 3.8) is 0 Å². The molecule has 3 atom stereocenters. The van der Waals surface area contributed by atoms with E-state index in [4.69, 9.17) is 10.5 Å². The molecule has 26 heavy (non-hydrogen) atoms. The number of nitrogens with two attached hydrogens (primary N) is 1. The number of thioether (sulfide) groups is 1. The number of aliphatic imine (C=N–C) groups is 1. The minimum absolute atomic E-state index is 0.0721. The molecule has 4 rings (SSSR count). The van der Waals surface area contributed by atoms with E-state index in [0.717, 1.165) is 12.3 Å². The Labute approximate surface area is 152 Å². The zero-order valence-electron chi connectivity index (χ0n) is 13.7. The highest BCUT2D eigenvalue weighted by atomic mass is 32.2. The van der Waals surface area contributed by atoms with Crippen molar-refractivity contribution >= 4 is 16.9 Å². The highest BCUT2D eigenvalue weighted by molar-refractivity contribution is 8.13. The van der Waals surface area contributed by atoms with Crippen LogP contribution in [0.2, 0.25) is 0 Å². The number of pyridine rings is 1. The van der Waals surface area contributed by atoms with Crippen LogP contribution in [0.3, 0.4) is 0 Å². The molecule has 0 aliphatic carbocycles. The van der Waals surface area contributed by atoms with Crippen LogP contribution in [-0.4, -0.2) is 22.5 Å². The highest BCUT2D eigenvalue weighted by Crippen LogP contribution is 2.49. The molecule has 2 aliphatic heterocycles. The summed E-state index contributed by atoms with van der Waals surface area (Å²) in [5, 5.41) is 0.347. The van der Waals surface area contributed by atoms with Gasteiger partial charge in [-0.15, -0.1) is 0 Å². The van der Waals surface area contributed by atoms with Gasteiger partial charge in [0.05, 0.1) is 18.9 Å². The van der Waals surface area contributed by atoms with Gasteiger partial charge < -0.3 is 10.5 Å². The van der Waals surface area contributed by atoms with E-state index in [1.165, 1.54) is 30.0 Å². The molecule has 0 saturated carbocycles. The van der Waals surface area contributed by atoms with Crippen LogP contribution in [0.1, 0.15) is 23.7 Å². The number of ether oxygens (including phenoxy) is 1. The average Bonchev–Trinajstić information content (AvgIpc) is 2.61. The van der Waals surface area contributed by atoms with Crippen molar-refractivity contribution in [3.05, 3.63) is 65.2 Å². The Kier molecular flexibility index (Phi) is 4.40. The molecule has 1 fully saturated rings. The van der Waals surface area contributed by atoms with Crippen molar-refractivity contribution in [3.8, 4) is 0 Å². The van der Waals surface area contributed by atoms with Gasteiger partial charge in [0.2, 0.25) is 0 Å². The molecule has 0 amide bonds. The molecule has 1 saturated heterocycles. The molecule has 2 N–H and O–H groups in total. The van der Waals surface area contributed by atoms with Gasteiger partial charge in [-0.2, -0.15) is 0 Å². The molecule has 8 heteroatoms. The fraction of sp³-hybridized carbons (Fsp3) is 0.333. The predicted molar refractivity (Wildman–Crippen MR) is 93.1 cm³/mol. The summed E-state index contributed by atoms with van der Waals surface area (Å²) in [4.78, 5) is 8.39. The van der Waals surface area contributed by atoms with E-state index in [0.29, 0.717) is 22.9 Å². The number of benzene rings is 1. The van der Waals surface area contributed by atoms with Gasteiger partial charge in [0.15, 0.2) is 5.17 Å². The molecule has 2 unspecified atom stereocenters. The van der Waals surface area contributed by atoms with Gasteiger partial charge in [0.1, 0.15) is 23.0 Å². The summed E-state index contributed by atoms with van der Waals surface area (Å²) in [5.74, 6) is -1.24. The van der Waals surface area contributed by atoms with Crippen LogP contribution in [0.5, 0.6) is 0 Å². The maximum atomic E-state index is 14.5. The summed E-state index contributed by atoms with van der Waals surface area (Å²) in [5.41, 5.74) is 5.80. The first-order valence-corrected chi connectivity index (χ1v) is 9.12. The van der Waals surface area contributed by atoms with E-state index in [1.54, 1.807) is 6.20 Å². The van der Waals surface area contributed by atoms with E-state index in [9.17, 15) is 13.2 Å². The fourth-order valence-electron chi connectivity index (χ4n) is 3.65. The molecule has 3 heterocycles. The fourth-order valence-corrected chi connectivity index (χ4v) is 4.66. The molecule has 2 aliphatic rings. The lowest BCUT2D eigenvalue weighted by molar-refractivity contribution is -0.0590. The second kappa shape index (κ2) is 6.59. The molecule has 2 aromatic rings.